The van der Waals surface area contributed by atoms with E-state index >= 15 is 0 Å². The summed E-state index contributed by atoms with van der Waals surface area (Å²) < 4.78 is 43.6. The number of alkyl halides is 3. The Morgan fingerprint density at radius 3 is 2.41 bits per heavy atom. The first-order chi connectivity index (χ1) is 13.8. The van der Waals surface area contributed by atoms with Crippen LogP contribution in [0.4, 0.5) is 24.5 Å². The zero-order valence-electron chi connectivity index (χ0n) is 15.8. The van der Waals surface area contributed by atoms with Gasteiger partial charge in [0, 0.05) is 18.8 Å². The van der Waals surface area contributed by atoms with Gasteiger partial charge in [0.2, 0.25) is 0 Å². The van der Waals surface area contributed by atoms with Crippen molar-refractivity contribution in [1.82, 2.24) is 4.90 Å². The van der Waals surface area contributed by atoms with Gasteiger partial charge >= 0.3 is 12.1 Å². The molecule has 1 fully saturated rings. The van der Waals surface area contributed by atoms with E-state index in [-0.39, 0.29) is 23.5 Å². The largest absolute Gasteiger partial charge is 0.469 e. The van der Waals surface area contributed by atoms with Crippen molar-refractivity contribution in [2.45, 2.75) is 19.0 Å². The van der Waals surface area contributed by atoms with Crippen LogP contribution in [-0.4, -0.2) is 37.0 Å². The average Bonchev–Trinajstić information content (AvgIpc) is 2.73. The topological polar surface area (TPSA) is 58.6 Å². The minimum Gasteiger partial charge on any atom is -0.469 e. The van der Waals surface area contributed by atoms with Crippen molar-refractivity contribution >= 4 is 23.3 Å². The Morgan fingerprint density at radius 1 is 1.07 bits per heavy atom. The van der Waals surface area contributed by atoms with Crippen LogP contribution in [0, 0.1) is 5.92 Å². The molecule has 0 saturated carbocycles. The van der Waals surface area contributed by atoms with Crippen molar-refractivity contribution in [3.05, 3.63) is 59.7 Å². The number of esters is 1. The maximum Gasteiger partial charge on any atom is 0.416 e. The fourth-order valence-electron chi connectivity index (χ4n) is 3.36. The quantitative estimate of drug-likeness (QED) is 0.761. The summed E-state index contributed by atoms with van der Waals surface area (Å²) in [6.45, 7) is 0.826. The van der Waals surface area contributed by atoms with Crippen LogP contribution in [0.1, 0.15) is 28.8 Å². The van der Waals surface area contributed by atoms with Gasteiger partial charge in [-0.05, 0) is 43.2 Å². The smallest absolute Gasteiger partial charge is 0.416 e. The van der Waals surface area contributed by atoms with Crippen molar-refractivity contribution in [2.24, 2.45) is 5.92 Å². The summed E-state index contributed by atoms with van der Waals surface area (Å²) in [6.07, 6.45) is -3.42. The number of likely N-dealkylation sites (tertiary alicyclic amines) is 1. The summed E-state index contributed by atoms with van der Waals surface area (Å²) in [5.41, 5.74) is 0.258. The first-order valence-electron chi connectivity index (χ1n) is 9.20. The highest BCUT2D eigenvalue weighted by Crippen LogP contribution is 2.32. The van der Waals surface area contributed by atoms with Gasteiger partial charge in [-0.3, -0.25) is 9.59 Å². The van der Waals surface area contributed by atoms with Gasteiger partial charge in [-0.2, -0.15) is 13.2 Å². The van der Waals surface area contributed by atoms with Crippen molar-refractivity contribution in [2.75, 3.05) is 25.5 Å². The monoisotopic (exact) mass is 406 g/mol. The number of carbonyl (C=O) groups is 2. The van der Waals surface area contributed by atoms with Crippen LogP contribution in [0.5, 0.6) is 0 Å². The summed E-state index contributed by atoms with van der Waals surface area (Å²) in [4.78, 5) is 26.3. The summed E-state index contributed by atoms with van der Waals surface area (Å²) in [5.74, 6) is -0.727. The molecule has 1 heterocycles. The van der Waals surface area contributed by atoms with E-state index in [0.717, 1.165) is 12.1 Å². The molecule has 1 saturated heterocycles. The molecular weight excluding hydrogens is 385 g/mol. The molecule has 2 aromatic rings. The van der Waals surface area contributed by atoms with E-state index < -0.39 is 11.7 Å². The number of benzene rings is 2. The summed E-state index contributed by atoms with van der Waals surface area (Å²) in [7, 11) is 1.34. The molecule has 154 valence electrons. The van der Waals surface area contributed by atoms with E-state index in [4.69, 9.17) is 4.74 Å². The lowest BCUT2D eigenvalue weighted by atomic mass is 9.96. The molecule has 29 heavy (non-hydrogen) atoms. The number of piperidine rings is 1. The van der Waals surface area contributed by atoms with Crippen LogP contribution in [0.25, 0.3) is 0 Å². The molecule has 1 aliphatic rings. The Hall–Kier alpha value is -3.03. The number of methoxy groups -OCH3 is 1. The Balaban J connectivity index is 1.76. The second-order valence-corrected chi connectivity index (χ2v) is 6.84. The predicted molar refractivity (Wildman–Crippen MR) is 102 cm³/mol. The van der Waals surface area contributed by atoms with Gasteiger partial charge in [-0.1, -0.05) is 18.2 Å². The molecule has 0 radical (unpaired) electrons. The number of nitrogens with zero attached hydrogens (tertiary/aromatic N) is 1. The van der Waals surface area contributed by atoms with Crippen molar-refractivity contribution in [3.63, 3.8) is 0 Å². The number of hydrogen-bond acceptors (Lipinski definition) is 4. The predicted octanol–water partition coefficient (Wildman–Crippen LogP) is 4.47. The summed E-state index contributed by atoms with van der Waals surface area (Å²) in [6, 6.07) is 11.5. The molecule has 0 atom stereocenters. The maximum atomic E-state index is 13.0. The third kappa shape index (κ3) is 4.88. The highest BCUT2D eigenvalue weighted by molar-refractivity contribution is 6.00. The third-order valence-electron chi connectivity index (χ3n) is 4.94. The van der Waals surface area contributed by atoms with Crippen LogP contribution in [0.2, 0.25) is 0 Å². The van der Waals surface area contributed by atoms with E-state index in [0.29, 0.717) is 37.2 Å². The van der Waals surface area contributed by atoms with Gasteiger partial charge in [0.1, 0.15) is 0 Å². The fraction of sp³-hybridized carbons (Fsp3) is 0.333. The SMILES string of the molecule is COC(=O)C1CCN(C(=O)c2ccccc2Nc2cccc(C(F)(F)F)c2)CC1. The molecule has 5 nitrogen and oxygen atoms in total. The zero-order chi connectivity index (χ0) is 21.0. The Labute approximate surface area is 166 Å². The van der Waals surface area contributed by atoms with E-state index in [2.05, 4.69) is 5.32 Å². The van der Waals surface area contributed by atoms with Crippen LogP contribution in [0.3, 0.4) is 0 Å². The summed E-state index contributed by atoms with van der Waals surface area (Å²) in [5, 5.41) is 2.92. The lowest BCUT2D eigenvalue weighted by Crippen LogP contribution is -2.40. The van der Waals surface area contributed by atoms with Crippen LogP contribution >= 0.6 is 0 Å². The molecule has 3 rings (SSSR count). The Bertz CT molecular complexity index is 891. The molecule has 0 bridgehead atoms. The number of halogens is 3. The third-order valence-corrected chi connectivity index (χ3v) is 4.94. The number of amides is 1. The maximum absolute atomic E-state index is 13.0. The Kier molecular flexibility index (Phi) is 6.10. The highest BCUT2D eigenvalue weighted by Gasteiger charge is 2.31. The number of nitrogens with one attached hydrogen (secondary N) is 1. The number of anilines is 2. The van der Waals surface area contributed by atoms with Gasteiger partial charge in [-0.15, -0.1) is 0 Å². The van der Waals surface area contributed by atoms with Crippen LogP contribution in [-0.2, 0) is 15.7 Å². The fourth-order valence-corrected chi connectivity index (χ4v) is 3.36. The van der Waals surface area contributed by atoms with Crippen molar-refractivity contribution < 1.29 is 27.5 Å². The number of carbonyl (C=O) groups excluding carboxylic acids is 2. The first-order valence-corrected chi connectivity index (χ1v) is 9.20. The molecule has 0 aliphatic carbocycles. The molecule has 1 amide bonds. The molecule has 0 spiro atoms. The second kappa shape index (κ2) is 8.55. The standard InChI is InChI=1S/C21H21F3N2O3/c1-29-20(28)14-9-11-26(12-10-14)19(27)17-7-2-3-8-18(17)25-16-6-4-5-15(13-16)21(22,23)24/h2-8,13-14,25H,9-12H2,1H3. The first kappa shape index (κ1) is 20.7. The number of hydrogen-bond donors (Lipinski definition) is 1. The minimum atomic E-state index is -4.45. The zero-order valence-corrected chi connectivity index (χ0v) is 15.8. The molecule has 1 aliphatic heterocycles. The minimum absolute atomic E-state index is 0.220. The van der Waals surface area contributed by atoms with Crippen LogP contribution < -0.4 is 5.32 Å². The lowest BCUT2D eigenvalue weighted by Gasteiger charge is -2.31. The van der Waals surface area contributed by atoms with Crippen LogP contribution in [0.15, 0.2) is 48.5 Å². The molecule has 0 aromatic heterocycles. The highest BCUT2D eigenvalue weighted by atomic mass is 19.4. The number of para-hydroxylation sites is 1. The van der Waals surface area contributed by atoms with E-state index in [1.165, 1.54) is 19.2 Å². The van der Waals surface area contributed by atoms with E-state index in [9.17, 15) is 22.8 Å². The van der Waals surface area contributed by atoms with Gasteiger partial charge in [-0.25, -0.2) is 0 Å². The molecule has 1 N–H and O–H groups in total. The van der Waals surface area contributed by atoms with E-state index in [1.807, 2.05) is 0 Å². The van der Waals surface area contributed by atoms with Gasteiger partial charge in [0.05, 0.1) is 29.8 Å². The molecular formula is C21H21F3N2O3. The van der Waals surface area contributed by atoms with Crippen molar-refractivity contribution in [1.29, 1.82) is 0 Å². The average molecular weight is 406 g/mol. The number of ether oxygens (including phenoxy) is 1. The molecule has 8 heteroatoms. The normalized spacial score (nSPS) is 15.1. The van der Waals surface area contributed by atoms with Gasteiger partial charge < -0.3 is 15.0 Å². The lowest BCUT2D eigenvalue weighted by molar-refractivity contribution is -0.146. The van der Waals surface area contributed by atoms with E-state index in [1.54, 1.807) is 29.2 Å². The number of rotatable bonds is 4. The second-order valence-electron chi connectivity index (χ2n) is 6.84. The van der Waals surface area contributed by atoms with Gasteiger partial charge in [0.25, 0.3) is 5.91 Å². The molecule has 0 unspecified atom stereocenters. The summed E-state index contributed by atoms with van der Waals surface area (Å²) >= 11 is 0. The Morgan fingerprint density at radius 2 is 1.76 bits per heavy atom. The van der Waals surface area contributed by atoms with Gasteiger partial charge in [0.15, 0.2) is 0 Å². The molecule has 2 aromatic carbocycles. The van der Waals surface area contributed by atoms with Crippen molar-refractivity contribution in [3.8, 4) is 0 Å².